The Morgan fingerprint density at radius 3 is 1.43 bits per heavy atom. The van der Waals surface area contributed by atoms with Crippen LogP contribution in [0.15, 0.2) is 30.3 Å². The van der Waals surface area contributed by atoms with Crippen LogP contribution in [-0.2, 0) is 39.9 Å². The fourth-order valence-corrected chi connectivity index (χ4v) is 5.51. The maximum Gasteiger partial charge on any atom is -0.0126 e. The summed E-state index contributed by atoms with van der Waals surface area (Å²) in [5.74, 6) is 0. The molecular weight excluding hydrogens is 420 g/mol. The molecule has 0 heteroatoms. The monoisotopic (exact) mass is 476 g/mol. The van der Waals surface area contributed by atoms with E-state index in [1.54, 1.807) is 22.3 Å². The minimum Gasteiger partial charge on any atom is -0.0617 e. The third-order valence-corrected chi connectivity index (χ3v) is 7.24. The molecule has 0 aliphatic carbocycles. The Balaban J connectivity index is 2.70. The van der Waals surface area contributed by atoms with Gasteiger partial charge in [0.1, 0.15) is 0 Å². The second-order valence-electron chi connectivity index (χ2n) is 16.0. The van der Waals surface area contributed by atoms with Crippen LogP contribution in [0.4, 0.5) is 0 Å². The van der Waals surface area contributed by atoms with E-state index in [2.05, 4.69) is 134 Å². The minimum atomic E-state index is 0.0886. The van der Waals surface area contributed by atoms with Crippen molar-refractivity contribution in [1.29, 1.82) is 0 Å². The van der Waals surface area contributed by atoms with E-state index in [0.29, 0.717) is 0 Å². The van der Waals surface area contributed by atoms with Gasteiger partial charge in [-0.05, 0) is 85.3 Å². The highest BCUT2D eigenvalue weighted by Gasteiger charge is 2.36. The summed E-state index contributed by atoms with van der Waals surface area (Å²) in [5, 5.41) is 0. The lowest BCUT2D eigenvalue weighted by molar-refractivity contribution is 0.483. The van der Waals surface area contributed by atoms with Crippen molar-refractivity contribution in [2.45, 2.75) is 150 Å². The maximum absolute atomic E-state index is 2.59. The molecule has 0 amide bonds. The summed E-state index contributed by atoms with van der Waals surface area (Å²) in [6.45, 7) is 35.8. The zero-order valence-electron chi connectivity index (χ0n) is 26.0. The second kappa shape index (κ2) is 9.72. The van der Waals surface area contributed by atoms with Crippen LogP contribution in [0.5, 0.6) is 0 Å². The van der Waals surface area contributed by atoms with Gasteiger partial charge >= 0.3 is 0 Å². The zero-order valence-corrected chi connectivity index (χ0v) is 26.0. The Bertz CT molecular complexity index is 1010. The summed E-state index contributed by atoms with van der Waals surface area (Å²) in [5.41, 5.74) is 11.4. The number of hydrogen-bond donors (Lipinski definition) is 0. The van der Waals surface area contributed by atoms with Gasteiger partial charge in [-0.25, -0.2) is 0 Å². The molecule has 0 bridgehead atoms. The van der Waals surface area contributed by atoms with Crippen LogP contribution in [0.2, 0.25) is 0 Å². The molecule has 2 rings (SSSR count). The highest BCUT2D eigenvalue weighted by molar-refractivity contribution is 5.56. The molecule has 0 radical (unpaired) electrons. The van der Waals surface area contributed by atoms with E-state index in [1.807, 2.05) is 0 Å². The summed E-state index contributed by atoms with van der Waals surface area (Å²) in [7, 11) is 0. The van der Waals surface area contributed by atoms with Gasteiger partial charge < -0.3 is 0 Å². The molecule has 2 aromatic carbocycles. The Morgan fingerprint density at radius 1 is 0.486 bits per heavy atom. The van der Waals surface area contributed by atoms with Crippen molar-refractivity contribution in [3.63, 3.8) is 0 Å². The van der Waals surface area contributed by atoms with Gasteiger partial charge in [0.2, 0.25) is 0 Å². The van der Waals surface area contributed by atoms with Crippen molar-refractivity contribution in [3.05, 3.63) is 69.3 Å². The lowest BCUT2D eigenvalue weighted by Crippen LogP contribution is -2.32. The number of rotatable bonds is 4. The Kier molecular flexibility index (Phi) is 8.24. The van der Waals surface area contributed by atoms with Gasteiger partial charge in [-0.3, -0.25) is 0 Å². The Hall–Kier alpha value is -1.56. The van der Waals surface area contributed by atoms with Gasteiger partial charge in [0, 0.05) is 0 Å². The maximum atomic E-state index is 2.59. The lowest BCUT2D eigenvalue weighted by Gasteiger charge is -2.41. The fourth-order valence-electron chi connectivity index (χ4n) is 5.51. The third-order valence-electron chi connectivity index (χ3n) is 7.24. The number of aryl methyl sites for hydroxylation is 1. The first kappa shape index (κ1) is 29.7. The normalized spacial score (nSPS) is 13.9. The summed E-state index contributed by atoms with van der Waals surface area (Å²) in [6, 6.07) is 11.9. The third kappa shape index (κ3) is 7.24. The first-order valence-corrected chi connectivity index (χ1v) is 13.9. The SMILES string of the molecule is CC(C)(C)c1cccc(CCCc2c(C(C)(C)C)cc(C(C)(C)C)c(C(C)(C)C)c2C(C)(C)C)c1. The topological polar surface area (TPSA) is 0 Å². The molecular formula is C35H56. The predicted molar refractivity (Wildman–Crippen MR) is 158 cm³/mol. The van der Waals surface area contributed by atoms with Crippen LogP contribution in [0.25, 0.3) is 0 Å². The zero-order chi connectivity index (χ0) is 27.2. The summed E-state index contributed by atoms with van der Waals surface area (Å²) in [6.07, 6.45) is 3.44. The molecule has 0 aromatic heterocycles. The molecule has 0 fully saturated rings. The van der Waals surface area contributed by atoms with E-state index in [9.17, 15) is 0 Å². The Morgan fingerprint density at radius 2 is 1.00 bits per heavy atom. The summed E-state index contributed by atoms with van der Waals surface area (Å²) >= 11 is 0. The van der Waals surface area contributed by atoms with Gasteiger partial charge in [0.05, 0.1) is 0 Å². The molecule has 0 aliphatic rings. The van der Waals surface area contributed by atoms with Gasteiger partial charge in [-0.15, -0.1) is 0 Å². The molecule has 196 valence electrons. The second-order valence-corrected chi connectivity index (χ2v) is 16.0. The average Bonchev–Trinajstić information content (AvgIpc) is 2.63. The highest BCUT2D eigenvalue weighted by Crippen LogP contribution is 2.46. The van der Waals surface area contributed by atoms with Crippen LogP contribution in [0, 0.1) is 0 Å². The fraction of sp³-hybridized carbons (Fsp3) is 0.657. The van der Waals surface area contributed by atoms with Crippen LogP contribution in [-0.4, -0.2) is 0 Å². The summed E-state index contributed by atoms with van der Waals surface area (Å²) in [4.78, 5) is 0. The van der Waals surface area contributed by atoms with Crippen molar-refractivity contribution in [2.75, 3.05) is 0 Å². The number of hydrogen-bond acceptors (Lipinski definition) is 0. The van der Waals surface area contributed by atoms with E-state index < -0.39 is 0 Å². The molecule has 35 heavy (non-hydrogen) atoms. The van der Waals surface area contributed by atoms with Crippen LogP contribution < -0.4 is 0 Å². The Labute approximate surface area is 219 Å². The molecule has 0 aliphatic heterocycles. The molecule has 0 saturated heterocycles. The van der Waals surface area contributed by atoms with E-state index in [1.165, 1.54) is 23.1 Å². The quantitative estimate of drug-likeness (QED) is 0.411. The minimum absolute atomic E-state index is 0.0886. The molecule has 0 atom stereocenters. The standard InChI is InChI=1S/C35H56/c1-31(2,3)25-20-16-18-24(22-25)19-17-21-26-27(32(4,5)6)23-28(33(7,8)9)30(35(13,14)15)29(26)34(10,11)12/h16,18,20,22-23H,17,19,21H2,1-15H3. The molecule has 0 nitrogen and oxygen atoms in total. The highest BCUT2D eigenvalue weighted by atomic mass is 14.4. The van der Waals surface area contributed by atoms with Crippen molar-refractivity contribution in [1.82, 2.24) is 0 Å². The molecule has 0 saturated carbocycles. The van der Waals surface area contributed by atoms with E-state index in [-0.39, 0.29) is 27.1 Å². The van der Waals surface area contributed by atoms with E-state index >= 15 is 0 Å². The van der Waals surface area contributed by atoms with Gasteiger partial charge in [-0.2, -0.15) is 0 Å². The van der Waals surface area contributed by atoms with Gasteiger partial charge in [0.15, 0.2) is 0 Å². The van der Waals surface area contributed by atoms with Crippen LogP contribution >= 0.6 is 0 Å². The molecule has 2 aromatic rings. The largest absolute Gasteiger partial charge is 0.0617 e. The molecule has 0 spiro atoms. The van der Waals surface area contributed by atoms with Gasteiger partial charge in [0.25, 0.3) is 0 Å². The summed E-state index contributed by atoms with van der Waals surface area (Å²) < 4.78 is 0. The first-order chi connectivity index (χ1) is 15.5. The lowest BCUT2D eigenvalue weighted by atomic mass is 9.64. The molecule has 0 heterocycles. The van der Waals surface area contributed by atoms with Crippen molar-refractivity contribution >= 4 is 0 Å². The number of benzene rings is 2. The average molecular weight is 477 g/mol. The van der Waals surface area contributed by atoms with E-state index in [4.69, 9.17) is 0 Å². The molecule has 0 unspecified atom stereocenters. The van der Waals surface area contributed by atoms with Crippen molar-refractivity contribution in [3.8, 4) is 0 Å². The first-order valence-electron chi connectivity index (χ1n) is 13.9. The van der Waals surface area contributed by atoms with Crippen molar-refractivity contribution < 1.29 is 0 Å². The van der Waals surface area contributed by atoms with Gasteiger partial charge in [-0.1, -0.05) is 134 Å². The van der Waals surface area contributed by atoms with E-state index in [0.717, 1.165) is 12.8 Å². The van der Waals surface area contributed by atoms with Crippen molar-refractivity contribution in [2.24, 2.45) is 0 Å². The van der Waals surface area contributed by atoms with Crippen LogP contribution in [0.3, 0.4) is 0 Å². The van der Waals surface area contributed by atoms with Crippen LogP contribution in [0.1, 0.15) is 149 Å². The molecule has 0 N–H and O–H groups in total. The predicted octanol–water partition coefficient (Wildman–Crippen LogP) is 10.3. The smallest absolute Gasteiger partial charge is 0.0126 e.